The molecule has 1 saturated heterocycles. The molecule has 1 unspecified atom stereocenters. The topological polar surface area (TPSA) is 49.5 Å². The Morgan fingerprint density at radius 3 is 2.57 bits per heavy atom. The summed E-state index contributed by atoms with van der Waals surface area (Å²) in [6.45, 7) is 7.51. The lowest BCUT2D eigenvalue weighted by Crippen LogP contribution is -2.30. The molecule has 4 heteroatoms. The van der Waals surface area contributed by atoms with Crippen molar-refractivity contribution in [1.29, 1.82) is 0 Å². The summed E-state index contributed by atoms with van der Waals surface area (Å²) >= 11 is 4.95. The summed E-state index contributed by atoms with van der Waals surface area (Å²) in [6, 6.07) is 7.60. The van der Waals surface area contributed by atoms with Crippen molar-refractivity contribution in [2.45, 2.75) is 39.2 Å². The van der Waals surface area contributed by atoms with Crippen molar-refractivity contribution in [3.63, 3.8) is 0 Å². The van der Waals surface area contributed by atoms with Crippen molar-refractivity contribution in [3.8, 4) is 0 Å². The molecular formula is C17H26N2OS. The molecule has 0 spiro atoms. The third-order valence-electron chi connectivity index (χ3n) is 4.44. The van der Waals surface area contributed by atoms with E-state index in [9.17, 15) is 5.11 Å². The van der Waals surface area contributed by atoms with Crippen molar-refractivity contribution in [1.82, 2.24) is 4.90 Å². The van der Waals surface area contributed by atoms with E-state index in [1.54, 1.807) is 0 Å². The molecule has 0 amide bonds. The standard InChI is InChI=1S/C17H26N2OS/c1-17(2)8-3-10-19(11-9-17)12-15(20)13-4-6-14(7-5-13)16(18)21/h4-7,15,20H,3,8-12H2,1-2H3,(H2,18,21). The van der Waals surface area contributed by atoms with Crippen molar-refractivity contribution in [3.05, 3.63) is 35.4 Å². The number of nitrogens with two attached hydrogens (primary N) is 1. The quantitative estimate of drug-likeness (QED) is 0.840. The Bertz CT molecular complexity index is 484. The summed E-state index contributed by atoms with van der Waals surface area (Å²) in [6.07, 6.45) is 3.22. The summed E-state index contributed by atoms with van der Waals surface area (Å²) in [7, 11) is 0. The van der Waals surface area contributed by atoms with Crippen LogP contribution in [0.15, 0.2) is 24.3 Å². The number of hydrogen-bond acceptors (Lipinski definition) is 3. The van der Waals surface area contributed by atoms with Gasteiger partial charge in [-0.05, 0) is 43.3 Å². The number of benzene rings is 1. The zero-order valence-corrected chi connectivity index (χ0v) is 13.8. The largest absolute Gasteiger partial charge is 0.389 e. The van der Waals surface area contributed by atoms with Crippen LogP contribution < -0.4 is 5.73 Å². The molecule has 1 aromatic rings. The molecule has 1 aromatic carbocycles. The highest BCUT2D eigenvalue weighted by molar-refractivity contribution is 7.80. The third-order valence-corrected chi connectivity index (χ3v) is 4.68. The van der Waals surface area contributed by atoms with Gasteiger partial charge in [0, 0.05) is 12.1 Å². The molecule has 3 N–H and O–H groups in total. The highest BCUT2D eigenvalue weighted by Crippen LogP contribution is 2.30. The van der Waals surface area contributed by atoms with E-state index in [0.29, 0.717) is 16.9 Å². The number of aliphatic hydroxyl groups excluding tert-OH is 1. The van der Waals surface area contributed by atoms with Crippen LogP contribution >= 0.6 is 12.2 Å². The summed E-state index contributed by atoms with van der Waals surface area (Å²) in [5, 5.41) is 10.4. The molecule has 1 aliphatic heterocycles. The van der Waals surface area contributed by atoms with Gasteiger partial charge in [0.25, 0.3) is 0 Å². The number of hydrogen-bond donors (Lipinski definition) is 2. The van der Waals surface area contributed by atoms with Crippen molar-refractivity contribution < 1.29 is 5.11 Å². The van der Waals surface area contributed by atoms with Gasteiger partial charge in [0.2, 0.25) is 0 Å². The molecule has 0 radical (unpaired) electrons. The number of rotatable bonds is 4. The normalized spacial score (nSPS) is 20.7. The van der Waals surface area contributed by atoms with Crippen LogP contribution in [0.2, 0.25) is 0 Å². The minimum absolute atomic E-state index is 0.394. The molecular weight excluding hydrogens is 280 g/mol. The van der Waals surface area contributed by atoms with E-state index in [2.05, 4.69) is 18.7 Å². The first-order valence-electron chi connectivity index (χ1n) is 7.68. The van der Waals surface area contributed by atoms with E-state index in [1.807, 2.05) is 24.3 Å². The van der Waals surface area contributed by atoms with Gasteiger partial charge in [-0.1, -0.05) is 50.3 Å². The molecule has 1 aliphatic rings. The van der Waals surface area contributed by atoms with Crippen LogP contribution in [0.1, 0.15) is 50.3 Å². The van der Waals surface area contributed by atoms with Gasteiger partial charge in [0.15, 0.2) is 0 Å². The highest BCUT2D eigenvalue weighted by atomic mass is 32.1. The summed E-state index contributed by atoms with van der Waals surface area (Å²) < 4.78 is 0. The van der Waals surface area contributed by atoms with E-state index < -0.39 is 6.10 Å². The van der Waals surface area contributed by atoms with Gasteiger partial charge in [-0.15, -0.1) is 0 Å². The van der Waals surface area contributed by atoms with Crippen LogP contribution in [0.4, 0.5) is 0 Å². The maximum absolute atomic E-state index is 10.4. The van der Waals surface area contributed by atoms with Crippen LogP contribution in [-0.2, 0) is 0 Å². The molecule has 0 bridgehead atoms. The Balaban J connectivity index is 1.94. The lowest BCUT2D eigenvalue weighted by molar-refractivity contribution is 0.113. The zero-order chi connectivity index (χ0) is 15.5. The molecule has 116 valence electrons. The van der Waals surface area contributed by atoms with Gasteiger partial charge in [-0.2, -0.15) is 0 Å². The van der Waals surface area contributed by atoms with Gasteiger partial charge in [-0.3, -0.25) is 0 Å². The van der Waals surface area contributed by atoms with Gasteiger partial charge < -0.3 is 15.7 Å². The Morgan fingerprint density at radius 2 is 1.95 bits per heavy atom. The predicted octanol–water partition coefficient (Wildman–Crippen LogP) is 2.87. The van der Waals surface area contributed by atoms with E-state index in [1.165, 1.54) is 19.3 Å². The molecule has 3 nitrogen and oxygen atoms in total. The maximum Gasteiger partial charge on any atom is 0.103 e. The summed E-state index contributed by atoms with van der Waals surface area (Å²) in [4.78, 5) is 2.77. The van der Waals surface area contributed by atoms with E-state index in [-0.39, 0.29) is 0 Å². The van der Waals surface area contributed by atoms with Crippen LogP contribution in [0.3, 0.4) is 0 Å². The van der Waals surface area contributed by atoms with Gasteiger partial charge in [0.05, 0.1) is 6.10 Å². The fourth-order valence-electron chi connectivity index (χ4n) is 2.88. The first kappa shape index (κ1) is 16.4. The molecule has 1 atom stereocenters. The van der Waals surface area contributed by atoms with Crippen LogP contribution in [-0.4, -0.2) is 34.6 Å². The molecule has 1 heterocycles. The van der Waals surface area contributed by atoms with Gasteiger partial charge in [0.1, 0.15) is 4.99 Å². The summed E-state index contributed by atoms with van der Waals surface area (Å²) in [5.41, 5.74) is 7.80. The Morgan fingerprint density at radius 1 is 1.29 bits per heavy atom. The second-order valence-corrected chi connectivity index (χ2v) is 7.26. The third kappa shape index (κ3) is 4.77. The minimum Gasteiger partial charge on any atom is -0.389 e. The SMILES string of the molecule is CC1(C)CCCN(CC(O)c2ccc(C(N)=S)cc2)CC1. The smallest absolute Gasteiger partial charge is 0.103 e. The lowest BCUT2D eigenvalue weighted by Gasteiger charge is -2.25. The molecule has 2 rings (SSSR count). The second kappa shape index (κ2) is 6.86. The number of nitrogens with zero attached hydrogens (tertiary/aromatic N) is 1. The van der Waals surface area contributed by atoms with Crippen molar-refractivity contribution in [2.24, 2.45) is 11.1 Å². The predicted molar refractivity (Wildman–Crippen MR) is 91.4 cm³/mol. The van der Waals surface area contributed by atoms with E-state index >= 15 is 0 Å². The Labute approximate surface area is 133 Å². The van der Waals surface area contributed by atoms with E-state index in [4.69, 9.17) is 18.0 Å². The number of likely N-dealkylation sites (tertiary alicyclic amines) is 1. The number of β-amino-alcohol motifs (C(OH)–C–C–N with tert-alkyl or cyclic N) is 1. The van der Waals surface area contributed by atoms with Gasteiger partial charge in [-0.25, -0.2) is 0 Å². The van der Waals surface area contributed by atoms with Crippen LogP contribution in [0, 0.1) is 5.41 Å². The second-order valence-electron chi connectivity index (χ2n) is 6.82. The van der Waals surface area contributed by atoms with Gasteiger partial charge >= 0.3 is 0 Å². The number of aliphatic hydroxyl groups is 1. The maximum atomic E-state index is 10.4. The minimum atomic E-state index is -0.452. The number of thiocarbonyl (C=S) groups is 1. The first-order valence-corrected chi connectivity index (χ1v) is 8.08. The van der Waals surface area contributed by atoms with Crippen molar-refractivity contribution >= 4 is 17.2 Å². The highest BCUT2D eigenvalue weighted by Gasteiger charge is 2.24. The van der Waals surface area contributed by atoms with Crippen LogP contribution in [0.25, 0.3) is 0 Å². The van der Waals surface area contributed by atoms with Crippen molar-refractivity contribution in [2.75, 3.05) is 19.6 Å². The van der Waals surface area contributed by atoms with Crippen LogP contribution in [0.5, 0.6) is 0 Å². The Hall–Kier alpha value is -0.970. The zero-order valence-electron chi connectivity index (χ0n) is 13.0. The molecule has 0 aromatic heterocycles. The average molecular weight is 306 g/mol. The lowest BCUT2D eigenvalue weighted by atomic mass is 9.85. The molecule has 1 fully saturated rings. The Kier molecular flexibility index (Phi) is 5.36. The average Bonchev–Trinajstić information content (AvgIpc) is 2.60. The molecule has 0 saturated carbocycles. The molecule has 0 aliphatic carbocycles. The first-order chi connectivity index (χ1) is 9.87. The fourth-order valence-corrected chi connectivity index (χ4v) is 3.02. The monoisotopic (exact) mass is 306 g/mol. The van der Waals surface area contributed by atoms with E-state index in [0.717, 1.165) is 24.2 Å². The molecule has 21 heavy (non-hydrogen) atoms. The summed E-state index contributed by atoms with van der Waals surface area (Å²) in [5.74, 6) is 0. The fraction of sp³-hybridized carbons (Fsp3) is 0.588.